The Morgan fingerprint density at radius 3 is 2.49 bits per heavy atom. The van der Waals surface area contributed by atoms with E-state index in [4.69, 9.17) is 21.3 Å². The van der Waals surface area contributed by atoms with E-state index >= 15 is 0 Å². The maximum absolute atomic E-state index is 6.38. The van der Waals surface area contributed by atoms with Gasteiger partial charge in [0.1, 0.15) is 5.75 Å². The smallest absolute Gasteiger partial charge is 0.119 e. The van der Waals surface area contributed by atoms with Gasteiger partial charge in [0.15, 0.2) is 0 Å². The van der Waals surface area contributed by atoms with Crippen molar-refractivity contribution < 1.29 is 4.74 Å². The molecule has 1 atom stereocenters. The van der Waals surface area contributed by atoms with Gasteiger partial charge in [-0.05, 0) is 85.2 Å². The van der Waals surface area contributed by atoms with Crippen LogP contribution in [0.15, 0.2) is 78.9 Å². The second-order valence-corrected chi connectivity index (χ2v) is 9.90. The van der Waals surface area contributed by atoms with Crippen molar-refractivity contribution in [2.24, 2.45) is 0 Å². The highest BCUT2D eigenvalue weighted by Gasteiger charge is 2.19. The van der Waals surface area contributed by atoms with Crippen molar-refractivity contribution in [3.8, 4) is 5.75 Å². The second-order valence-electron chi connectivity index (χ2n) is 9.47. The molecule has 5 heteroatoms. The molecule has 0 saturated heterocycles. The molecule has 5 rings (SSSR count). The minimum absolute atomic E-state index is 0.123. The van der Waals surface area contributed by atoms with Crippen LogP contribution in [-0.2, 0) is 0 Å². The van der Waals surface area contributed by atoms with E-state index in [1.54, 1.807) is 7.11 Å². The fourth-order valence-corrected chi connectivity index (χ4v) is 5.44. The quantitative estimate of drug-likeness (QED) is 0.191. The Balaban J connectivity index is 1.65. The van der Waals surface area contributed by atoms with Crippen LogP contribution in [-0.4, -0.2) is 36.6 Å². The summed E-state index contributed by atoms with van der Waals surface area (Å²) in [4.78, 5) is 7.42. The van der Waals surface area contributed by atoms with Gasteiger partial charge < -0.3 is 15.0 Å². The molecule has 0 aliphatic rings. The number of hydrogen-bond acceptors (Lipinski definition) is 4. The lowest BCUT2D eigenvalue weighted by molar-refractivity contribution is 0.294. The van der Waals surface area contributed by atoms with Crippen LogP contribution in [0.25, 0.3) is 32.6 Å². The normalized spacial score (nSPS) is 12.5. The van der Waals surface area contributed by atoms with Crippen molar-refractivity contribution in [2.75, 3.05) is 32.1 Å². The molecule has 0 radical (unpaired) electrons. The van der Waals surface area contributed by atoms with Gasteiger partial charge in [-0.2, -0.15) is 0 Å². The van der Waals surface area contributed by atoms with Gasteiger partial charge in [0.05, 0.1) is 29.9 Å². The average molecular weight is 512 g/mol. The molecule has 37 heavy (non-hydrogen) atoms. The van der Waals surface area contributed by atoms with Crippen molar-refractivity contribution in [1.82, 2.24) is 9.88 Å². The summed E-state index contributed by atoms with van der Waals surface area (Å²) in [7, 11) is 1.70. The third kappa shape index (κ3) is 5.36. The van der Waals surface area contributed by atoms with Crippen LogP contribution in [0.2, 0.25) is 5.02 Å². The van der Waals surface area contributed by atoms with E-state index in [1.807, 2.05) is 24.3 Å². The van der Waals surface area contributed by atoms with Crippen LogP contribution in [0, 0.1) is 0 Å². The zero-order chi connectivity index (χ0) is 25.8. The van der Waals surface area contributed by atoms with E-state index in [0.29, 0.717) is 5.02 Å². The number of benzene rings is 4. The second kappa shape index (κ2) is 11.4. The van der Waals surface area contributed by atoms with Gasteiger partial charge in [-0.1, -0.05) is 67.9 Å². The van der Waals surface area contributed by atoms with Gasteiger partial charge in [0, 0.05) is 15.8 Å². The summed E-state index contributed by atoms with van der Waals surface area (Å²) >= 11 is 6.38. The lowest BCUT2D eigenvalue weighted by Crippen LogP contribution is -2.25. The lowest BCUT2D eigenvalue weighted by atomic mass is 9.94. The van der Waals surface area contributed by atoms with E-state index in [1.165, 1.54) is 16.3 Å². The van der Waals surface area contributed by atoms with Crippen LogP contribution >= 0.6 is 11.6 Å². The average Bonchev–Trinajstić information content (AvgIpc) is 2.93. The van der Waals surface area contributed by atoms with Crippen LogP contribution in [0.3, 0.4) is 0 Å². The first-order chi connectivity index (χ1) is 18.1. The first-order valence-corrected chi connectivity index (χ1v) is 13.5. The van der Waals surface area contributed by atoms with Crippen LogP contribution < -0.4 is 10.1 Å². The van der Waals surface area contributed by atoms with Crippen molar-refractivity contribution in [3.63, 3.8) is 0 Å². The Hall–Kier alpha value is -3.34. The van der Waals surface area contributed by atoms with E-state index in [-0.39, 0.29) is 6.04 Å². The molecule has 190 valence electrons. The molecule has 0 aliphatic heterocycles. The number of hydrogen-bond donors (Lipinski definition) is 1. The highest BCUT2D eigenvalue weighted by molar-refractivity contribution is 6.31. The lowest BCUT2D eigenvalue weighted by Gasteiger charge is -2.26. The van der Waals surface area contributed by atoms with E-state index < -0.39 is 0 Å². The van der Waals surface area contributed by atoms with Gasteiger partial charge >= 0.3 is 0 Å². The number of nitrogens with one attached hydrogen (secondary N) is 1. The standard InChI is InChI=1S/C32H34ClN3O/c1-4-36(5-2)19-9-14-29(26-13-8-11-22-10-6-7-12-25(22)26)35-32-27-17-15-23(33)20-31(27)34-30-18-16-24(37-3)21-28(30)32/h6-8,10-13,15-18,20-21,29H,4-5,9,14,19H2,1-3H3,(H,34,35). The van der Waals surface area contributed by atoms with E-state index in [0.717, 1.165) is 65.7 Å². The van der Waals surface area contributed by atoms with Gasteiger partial charge in [-0.15, -0.1) is 0 Å². The Bertz CT molecular complexity index is 1520. The molecule has 5 aromatic rings. The molecular formula is C32H34ClN3O. The molecule has 0 saturated carbocycles. The Morgan fingerprint density at radius 2 is 1.68 bits per heavy atom. The molecule has 4 aromatic carbocycles. The molecule has 1 unspecified atom stereocenters. The number of methoxy groups -OCH3 is 1. The summed E-state index contributed by atoms with van der Waals surface area (Å²) in [6, 6.07) is 27.4. The third-order valence-electron chi connectivity index (χ3n) is 7.32. The zero-order valence-electron chi connectivity index (χ0n) is 21.8. The number of aromatic nitrogens is 1. The summed E-state index contributed by atoms with van der Waals surface area (Å²) in [6.45, 7) is 7.69. The molecule has 4 nitrogen and oxygen atoms in total. The Morgan fingerprint density at radius 1 is 0.865 bits per heavy atom. The Kier molecular flexibility index (Phi) is 7.78. The molecule has 0 spiro atoms. The van der Waals surface area contributed by atoms with Gasteiger partial charge in [-0.3, -0.25) is 0 Å². The monoisotopic (exact) mass is 511 g/mol. The first-order valence-electron chi connectivity index (χ1n) is 13.1. The SMILES string of the molecule is CCN(CC)CCCC(Nc1c2ccc(Cl)cc2nc2ccc(OC)cc12)c1cccc2ccccc12. The summed E-state index contributed by atoms with van der Waals surface area (Å²) in [5.74, 6) is 0.814. The number of ether oxygens (including phenoxy) is 1. The number of fused-ring (bicyclic) bond motifs is 3. The maximum atomic E-state index is 6.38. The third-order valence-corrected chi connectivity index (χ3v) is 7.56. The highest BCUT2D eigenvalue weighted by Crippen LogP contribution is 2.38. The largest absolute Gasteiger partial charge is 0.497 e. The molecule has 0 bridgehead atoms. The number of nitrogens with zero attached hydrogens (tertiary/aromatic N) is 2. The predicted octanol–water partition coefficient (Wildman–Crippen LogP) is 8.48. The van der Waals surface area contributed by atoms with E-state index in [2.05, 4.69) is 78.7 Å². The number of halogens is 1. The number of anilines is 1. The summed E-state index contributed by atoms with van der Waals surface area (Å²) in [5.41, 5.74) is 4.18. The minimum atomic E-state index is 0.123. The van der Waals surface area contributed by atoms with Crippen molar-refractivity contribution in [2.45, 2.75) is 32.7 Å². The van der Waals surface area contributed by atoms with Crippen molar-refractivity contribution in [1.29, 1.82) is 0 Å². The van der Waals surface area contributed by atoms with Crippen LogP contribution in [0.4, 0.5) is 5.69 Å². The molecule has 1 heterocycles. The summed E-state index contributed by atoms with van der Waals surface area (Å²) < 4.78 is 5.59. The fourth-order valence-electron chi connectivity index (χ4n) is 5.27. The maximum Gasteiger partial charge on any atom is 0.119 e. The van der Waals surface area contributed by atoms with Gasteiger partial charge in [-0.25, -0.2) is 4.98 Å². The van der Waals surface area contributed by atoms with E-state index in [9.17, 15) is 0 Å². The topological polar surface area (TPSA) is 37.4 Å². The van der Waals surface area contributed by atoms with Gasteiger partial charge in [0.25, 0.3) is 0 Å². The minimum Gasteiger partial charge on any atom is -0.497 e. The number of pyridine rings is 1. The van der Waals surface area contributed by atoms with Gasteiger partial charge in [0.2, 0.25) is 0 Å². The van der Waals surface area contributed by atoms with Crippen molar-refractivity contribution in [3.05, 3.63) is 89.4 Å². The molecule has 0 amide bonds. The van der Waals surface area contributed by atoms with Crippen molar-refractivity contribution >= 4 is 49.9 Å². The van der Waals surface area contributed by atoms with Crippen LogP contribution in [0.5, 0.6) is 5.75 Å². The molecule has 1 aromatic heterocycles. The molecule has 0 fully saturated rings. The first kappa shape index (κ1) is 25.3. The molecule has 1 N–H and O–H groups in total. The summed E-state index contributed by atoms with van der Waals surface area (Å²) in [6.07, 6.45) is 2.10. The summed E-state index contributed by atoms with van der Waals surface area (Å²) in [5, 5.41) is 9.32. The number of rotatable bonds is 10. The fraction of sp³-hybridized carbons (Fsp3) is 0.281. The highest BCUT2D eigenvalue weighted by atomic mass is 35.5. The van der Waals surface area contributed by atoms with Crippen LogP contribution in [0.1, 0.15) is 38.3 Å². The zero-order valence-corrected chi connectivity index (χ0v) is 22.6. The predicted molar refractivity (Wildman–Crippen MR) is 158 cm³/mol. The molecular weight excluding hydrogens is 478 g/mol. The Labute approximate surface area is 224 Å². The molecule has 0 aliphatic carbocycles.